The van der Waals surface area contributed by atoms with Crippen molar-refractivity contribution in [3.8, 4) is 0 Å². The maximum absolute atomic E-state index is 2.25. The van der Waals surface area contributed by atoms with Crippen molar-refractivity contribution in [3.63, 3.8) is 0 Å². The first-order valence-corrected chi connectivity index (χ1v) is 2.23. The molecule has 0 heterocycles. The molecular formula is C5H11W-. The van der Waals surface area contributed by atoms with Crippen LogP contribution in [-0.2, 0) is 21.1 Å². The molecule has 0 rings (SSSR count). The summed E-state index contributed by atoms with van der Waals surface area (Å²) in [6.07, 6.45) is 4.69. The first-order valence-electron chi connectivity index (χ1n) is 2.23. The summed E-state index contributed by atoms with van der Waals surface area (Å²) in [5.41, 5.74) is 0. The minimum absolute atomic E-state index is 0. The predicted octanol–water partition coefficient (Wildman–Crippen LogP) is 2.01. The molecule has 0 aromatic rings. The van der Waals surface area contributed by atoms with Crippen LogP contribution in [0.5, 0.6) is 0 Å². The number of rotatable bonds is 2. The fourth-order valence-corrected chi connectivity index (χ4v) is 0.289. The van der Waals surface area contributed by atoms with Gasteiger partial charge < -0.3 is 6.42 Å². The van der Waals surface area contributed by atoms with Crippen LogP contribution >= 0.6 is 0 Å². The fourth-order valence-electron chi connectivity index (χ4n) is 0.289. The van der Waals surface area contributed by atoms with Gasteiger partial charge in [0, 0.05) is 21.1 Å². The Bertz CT molecular complexity index is 11.4. The molecule has 0 unspecified atom stereocenters. The first kappa shape index (κ1) is 9.85. The average Bonchev–Trinajstić information content (AvgIpc) is 1.41. The molecule has 1 heteroatoms. The monoisotopic (exact) mass is 255 g/mol. The van der Waals surface area contributed by atoms with Crippen molar-refractivity contribution in [2.75, 3.05) is 0 Å². The van der Waals surface area contributed by atoms with E-state index in [1.54, 1.807) is 0 Å². The Morgan fingerprint density at radius 3 is 1.50 bits per heavy atom. The third-order valence-electron chi connectivity index (χ3n) is 0.577. The summed E-state index contributed by atoms with van der Waals surface area (Å²) < 4.78 is 0. The molecule has 0 fully saturated rings. The maximum Gasteiger partial charge on any atom is 0 e. The van der Waals surface area contributed by atoms with Crippen molar-refractivity contribution >= 4 is 0 Å². The quantitative estimate of drug-likeness (QED) is 0.662. The van der Waals surface area contributed by atoms with Crippen LogP contribution in [-0.4, -0.2) is 0 Å². The van der Waals surface area contributed by atoms with Gasteiger partial charge in [0.15, 0.2) is 0 Å². The van der Waals surface area contributed by atoms with Crippen molar-refractivity contribution in [2.24, 2.45) is 0 Å². The van der Waals surface area contributed by atoms with Crippen molar-refractivity contribution < 1.29 is 21.1 Å². The number of unbranched alkanes of at least 4 members (excludes halogenated alkanes) is 2. The first-order chi connectivity index (χ1) is 2.41. The van der Waals surface area contributed by atoms with Gasteiger partial charge in [0.2, 0.25) is 0 Å². The van der Waals surface area contributed by atoms with E-state index < -0.39 is 0 Å². The minimum Gasteiger partial charge on any atom is -0.329 e. The van der Waals surface area contributed by atoms with Gasteiger partial charge in [0.25, 0.3) is 0 Å². The molecule has 0 aliphatic heterocycles. The van der Waals surface area contributed by atoms with E-state index in [4.69, 9.17) is 0 Å². The third kappa shape index (κ3) is 8.82. The Morgan fingerprint density at radius 2 is 1.50 bits per heavy atom. The molecule has 0 radical (unpaired) electrons. The molecule has 38 valence electrons. The van der Waals surface area contributed by atoms with Gasteiger partial charge in [0.1, 0.15) is 0 Å². The van der Waals surface area contributed by atoms with Crippen LogP contribution in [0.2, 0.25) is 0 Å². The van der Waals surface area contributed by atoms with Crippen LogP contribution in [0.25, 0.3) is 0 Å². The second kappa shape index (κ2) is 9.19. The summed E-state index contributed by atoms with van der Waals surface area (Å²) in [6.45, 7) is 4.31. The van der Waals surface area contributed by atoms with E-state index >= 15 is 0 Å². The molecule has 0 N–H and O–H groups in total. The SMILES string of the molecule is CC[CH-]CC.[W]. The molecule has 0 aromatic carbocycles. The maximum atomic E-state index is 2.25. The largest absolute Gasteiger partial charge is 0.329 e. The molecule has 0 saturated carbocycles. The summed E-state index contributed by atoms with van der Waals surface area (Å²) >= 11 is 0. The molecule has 0 aliphatic rings. The van der Waals surface area contributed by atoms with E-state index in [9.17, 15) is 0 Å². The average molecular weight is 255 g/mol. The molecule has 0 atom stereocenters. The normalized spacial score (nSPS) is 7.00. The zero-order valence-corrected chi connectivity index (χ0v) is 7.33. The van der Waals surface area contributed by atoms with Gasteiger partial charge in [-0.05, 0) is 0 Å². The topological polar surface area (TPSA) is 0 Å². The molecule has 0 bridgehead atoms. The second-order valence-electron chi connectivity index (χ2n) is 1.11. The smallest absolute Gasteiger partial charge is 0 e. The van der Waals surface area contributed by atoms with Crippen molar-refractivity contribution in [1.82, 2.24) is 0 Å². The van der Waals surface area contributed by atoms with Crippen LogP contribution in [0.1, 0.15) is 26.7 Å². The summed E-state index contributed by atoms with van der Waals surface area (Å²) in [7, 11) is 0. The fraction of sp³-hybridized carbons (Fsp3) is 0.800. The van der Waals surface area contributed by atoms with E-state index in [0.29, 0.717) is 0 Å². The van der Waals surface area contributed by atoms with Crippen molar-refractivity contribution in [1.29, 1.82) is 0 Å². The van der Waals surface area contributed by atoms with E-state index in [-0.39, 0.29) is 21.1 Å². The van der Waals surface area contributed by atoms with Crippen LogP contribution in [0.3, 0.4) is 0 Å². The molecular weight excluding hydrogens is 244 g/mol. The van der Waals surface area contributed by atoms with Crippen LogP contribution in [0.4, 0.5) is 0 Å². The van der Waals surface area contributed by atoms with Gasteiger partial charge in [-0.15, -0.1) is 0 Å². The number of hydrogen-bond acceptors (Lipinski definition) is 0. The van der Waals surface area contributed by atoms with Gasteiger partial charge >= 0.3 is 0 Å². The van der Waals surface area contributed by atoms with E-state index in [1.807, 2.05) is 0 Å². The van der Waals surface area contributed by atoms with Crippen LogP contribution in [0, 0.1) is 6.42 Å². The molecule has 0 amide bonds. The predicted molar refractivity (Wildman–Crippen MR) is 24.9 cm³/mol. The summed E-state index contributed by atoms with van der Waals surface area (Å²) in [6, 6.07) is 0. The Kier molecular flexibility index (Phi) is 15.1. The van der Waals surface area contributed by atoms with Gasteiger partial charge in [-0.2, -0.15) is 12.8 Å². The molecule has 6 heavy (non-hydrogen) atoms. The Morgan fingerprint density at radius 1 is 1.17 bits per heavy atom. The van der Waals surface area contributed by atoms with Gasteiger partial charge in [-0.3, -0.25) is 0 Å². The van der Waals surface area contributed by atoms with Crippen LogP contribution in [0.15, 0.2) is 0 Å². The number of hydrogen-bond donors (Lipinski definition) is 0. The van der Waals surface area contributed by atoms with E-state index in [1.165, 1.54) is 12.8 Å². The molecule has 0 nitrogen and oxygen atoms in total. The summed E-state index contributed by atoms with van der Waals surface area (Å²) in [5.74, 6) is 0. The second-order valence-corrected chi connectivity index (χ2v) is 1.11. The zero-order valence-electron chi connectivity index (χ0n) is 4.40. The van der Waals surface area contributed by atoms with Gasteiger partial charge in [0.05, 0.1) is 0 Å². The Hall–Kier alpha value is 0.688. The van der Waals surface area contributed by atoms with Crippen molar-refractivity contribution in [3.05, 3.63) is 6.42 Å². The zero-order chi connectivity index (χ0) is 4.12. The minimum atomic E-state index is 0. The van der Waals surface area contributed by atoms with Gasteiger partial charge in [-0.1, -0.05) is 13.8 Å². The van der Waals surface area contributed by atoms with E-state index in [2.05, 4.69) is 20.3 Å². The van der Waals surface area contributed by atoms with Gasteiger partial charge in [-0.25, -0.2) is 0 Å². The standard InChI is InChI=1S/C5H11.W/c1-3-5-4-2;/h5H,3-4H2,1-2H3;/q-1;. The molecule has 0 saturated heterocycles. The molecule has 0 aromatic heterocycles. The van der Waals surface area contributed by atoms with E-state index in [0.717, 1.165) is 0 Å². The molecule has 0 aliphatic carbocycles. The summed E-state index contributed by atoms with van der Waals surface area (Å²) in [5, 5.41) is 0. The van der Waals surface area contributed by atoms with Crippen molar-refractivity contribution in [2.45, 2.75) is 26.7 Å². The molecule has 0 spiro atoms. The summed E-state index contributed by atoms with van der Waals surface area (Å²) in [4.78, 5) is 0. The van der Waals surface area contributed by atoms with Crippen LogP contribution < -0.4 is 0 Å². The Balaban J connectivity index is 0. The Labute approximate surface area is 54.6 Å². The third-order valence-corrected chi connectivity index (χ3v) is 0.577.